The van der Waals surface area contributed by atoms with Crippen LogP contribution < -0.4 is 10.3 Å². The molecular weight excluding hydrogens is 345 g/mol. The summed E-state index contributed by atoms with van der Waals surface area (Å²) >= 11 is 0. The highest BCUT2D eigenvalue weighted by atomic mass is 19.1. The largest absolute Gasteiger partial charge is 0.488 e. The molecule has 0 bridgehead atoms. The normalized spacial score (nSPS) is 12.1. The van der Waals surface area contributed by atoms with Gasteiger partial charge < -0.3 is 9.84 Å². The third-order valence-corrected chi connectivity index (χ3v) is 3.69. The molecule has 9 heteroatoms. The van der Waals surface area contributed by atoms with E-state index in [4.69, 9.17) is 4.74 Å². The summed E-state index contributed by atoms with van der Waals surface area (Å²) in [5, 5.41) is 21.0. The van der Waals surface area contributed by atoms with Crippen LogP contribution in [0.4, 0.5) is 10.1 Å². The molecule has 8 nitrogen and oxygen atoms in total. The van der Waals surface area contributed by atoms with Crippen molar-refractivity contribution in [3.63, 3.8) is 0 Å². The van der Waals surface area contributed by atoms with Crippen molar-refractivity contribution in [1.29, 1.82) is 0 Å². The minimum absolute atomic E-state index is 0.00819. The quantitative estimate of drug-likeness (QED) is 0.532. The van der Waals surface area contributed by atoms with E-state index in [0.29, 0.717) is 5.52 Å². The van der Waals surface area contributed by atoms with Crippen LogP contribution in [-0.4, -0.2) is 32.3 Å². The van der Waals surface area contributed by atoms with E-state index in [1.807, 2.05) is 0 Å². The molecule has 1 atom stereocenters. The van der Waals surface area contributed by atoms with Gasteiger partial charge >= 0.3 is 0 Å². The topological polar surface area (TPSA) is 107 Å². The molecule has 0 saturated carbocycles. The number of halogens is 1. The molecular formula is C17H14FN3O5. The second kappa shape index (κ2) is 7.28. The highest BCUT2D eigenvalue weighted by Crippen LogP contribution is 2.17. The molecule has 0 spiro atoms. The Hall–Kier alpha value is -3.33. The Balaban J connectivity index is 1.77. The van der Waals surface area contributed by atoms with Gasteiger partial charge in [-0.15, -0.1) is 0 Å². The first kappa shape index (κ1) is 17.5. The molecule has 0 amide bonds. The van der Waals surface area contributed by atoms with Crippen molar-refractivity contribution in [2.45, 2.75) is 12.6 Å². The van der Waals surface area contributed by atoms with Crippen LogP contribution in [0.5, 0.6) is 5.75 Å². The maximum Gasteiger partial charge on any atom is 0.270 e. The first-order chi connectivity index (χ1) is 12.5. The lowest BCUT2D eigenvalue weighted by molar-refractivity contribution is -0.384. The fourth-order valence-electron chi connectivity index (χ4n) is 2.42. The number of nitrogens with zero attached hydrogens (tertiary/aromatic N) is 3. The van der Waals surface area contributed by atoms with Crippen molar-refractivity contribution in [1.82, 2.24) is 9.55 Å². The van der Waals surface area contributed by atoms with Gasteiger partial charge in [0.05, 0.1) is 28.7 Å². The minimum Gasteiger partial charge on any atom is -0.488 e. The number of hydrogen-bond donors (Lipinski definition) is 1. The molecule has 0 fully saturated rings. The van der Waals surface area contributed by atoms with Gasteiger partial charge in [0, 0.05) is 12.1 Å². The van der Waals surface area contributed by atoms with Crippen LogP contribution in [0.2, 0.25) is 0 Å². The van der Waals surface area contributed by atoms with Gasteiger partial charge in [-0.05, 0) is 18.2 Å². The van der Waals surface area contributed by atoms with Crippen molar-refractivity contribution in [2.75, 3.05) is 6.61 Å². The second-order valence-electron chi connectivity index (χ2n) is 5.56. The van der Waals surface area contributed by atoms with Crippen molar-refractivity contribution < 1.29 is 19.2 Å². The molecule has 1 aromatic heterocycles. The third kappa shape index (κ3) is 3.67. The summed E-state index contributed by atoms with van der Waals surface area (Å²) in [7, 11) is 0. The maximum absolute atomic E-state index is 13.5. The number of hydrogen-bond acceptors (Lipinski definition) is 6. The predicted octanol–water partition coefficient (Wildman–Crippen LogP) is 1.88. The van der Waals surface area contributed by atoms with Crippen molar-refractivity contribution in [3.8, 4) is 5.75 Å². The van der Waals surface area contributed by atoms with E-state index in [1.54, 1.807) is 6.07 Å². The molecule has 2 aromatic carbocycles. The third-order valence-electron chi connectivity index (χ3n) is 3.69. The average Bonchev–Trinajstić information content (AvgIpc) is 2.63. The standard InChI is InChI=1S/C17H14FN3O5/c18-14-3-1-2-4-16(14)26-9-12(22)8-20-10-19-15-6-5-11(21(24)25)7-13(15)17(20)23/h1-7,10,12,22H,8-9H2. The summed E-state index contributed by atoms with van der Waals surface area (Å²) in [6.45, 7) is -0.390. The van der Waals surface area contributed by atoms with E-state index < -0.39 is 22.4 Å². The lowest BCUT2D eigenvalue weighted by Gasteiger charge is -2.14. The van der Waals surface area contributed by atoms with Gasteiger partial charge in [0.2, 0.25) is 0 Å². The molecule has 1 unspecified atom stereocenters. The lowest BCUT2D eigenvalue weighted by Crippen LogP contribution is -2.30. The summed E-state index contributed by atoms with van der Waals surface area (Å²) in [5.41, 5.74) is -0.435. The maximum atomic E-state index is 13.5. The average molecular weight is 359 g/mol. The van der Waals surface area contributed by atoms with E-state index in [-0.39, 0.29) is 30.0 Å². The van der Waals surface area contributed by atoms with Gasteiger partial charge in [0.25, 0.3) is 11.2 Å². The van der Waals surface area contributed by atoms with Gasteiger partial charge in [-0.3, -0.25) is 19.5 Å². The molecule has 0 aliphatic rings. The van der Waals surface area contributed by atoms with Gasteiger partial charge in [-0.25, -0.2) is 9.37 Å². The Morgan fingerprint density at radius 1 is 1.31 bits per heavy atom. The van der Waals surface area contributed by atoms with Crippen LogP contribution in [0.1, 0.15) is 0 Å². The lowest BCUT2D eigenvalue weighted by atomic mass is 10.2. The second-order valence-corrected chi connectivity index (χ2v) is 5.56. The summed E-state index contributed by atoms with van der Waals surface area (Å²) < 4.78 is 19.8. The van der Waals surface area contributed by atoms with E-state index in [9.17, 15) is 24.4 Å². The number of benzene rings is 2. The first-order valence-corrected chi connectivity index (χ1v) is 7.64. The minimum atomic E-state index is -1.11. The zero-order valence-corrected chi connectivity index (χ0v) is 13.4. The molecule has 0 radical (unpaired) electrons. The van der Waals surface area contributed by atoms with Crippen LogP contribution >= 0.6 is 0 Å². The Morgan fingerprint density at radius 2 is 2.08 bits per heavy atom. The molecule has 0 aliphatic heterocycles. The number of nitro groups is 1. The Kier molecular flexibility index (Phi) is 4.90. The molecule has 1 N–H and O–H groups in total. The SMILES string of the molecule is O=c1c2cc([N+](=O)[O-])ccc2ncn1CC(O)COc1ccccc1F. The number of non-ortho nitro benzene ring substituents is 1. The number of rotatable bonds is 6. The van der Waals surface area contributed by atoms with E-state index in [1.165, 1.54) is 36.7 Å². The van der Waals surface area contributed by atoms with Crippen molar-refractivity contribution in [2.24, 2.45) is 0 Å². The Bertz CT molecular complexity index is 1020. The zero-order chi connectivity index (χ0) is 18.7. The molecule has 26 heavy (non-hydrogen) atoms. The predicted molar refractivity (Wildman–Crippen MR) is 90.6 cm³/mol. The highest BCUT2D eigenvalue weighted by molar-refractivity contribution is 5.79. The molecule has 0 saturated heterocycles. The fourth-order valence-corrected chi connectivity index (χ4v) is 2.42. The summed E-state index contributed by atoms with van der Waals surface area (Å²) in [5.74, 6) is -0.567. The van der Waals surface area contributed by atoms with Gasteiger partial charge in [-0.1, -0.05) is 12.1 Å². The molecule has 1 heterocycles. The van der Waals surface area contributed by atoms with Crippen LogP contribution in [0.15, 0.2) is 53.6 Å². The number of ether oxygens (including phenoxy) is 1. The van der Waals surface area contributed by atoms with Crippen LogP contribution in [0, 0.1) is 15.9 Å². The highest BCUT2D eigenvalue weighted by Gasteiger charge is 2.14. The van der Waals surface area contributed by atoms with Gasteiger partial charge in [0.1, 0.15) is 12.7 Å². The number of aliphatic hydroxyl groups excluding tert-OH is 1. The number of aliphatic hydroxyl groups is 1. The molecule has 134 valence electrons. The zero-order valence-electron chi connectivity index (χ0n) is 13.4. The van der Waals surface area contributed by atoms with Gasteiger partial charge in [-0.2, -0.15) is 0 Å². The monoisotopic (exact) mass is 359 g/mol. The van der Waals surface area contributed by atoms with Crippen LogP contribution in [-0.2, 0) is 6.54 Å². The van der Waals surface area contributed by atoms with E-state index >= 15 is 0 Å². The van der Waals surface area contributed by atoms with E-state index in [0.717, 1.165) is 10.6 Å². The first-order valence-electron chi connectivity index (χ1n) is 7.64. The van der Waals surface area contributed by atoms with Crippen LogP contribution in [0.3, 0.4) is 0 Å². The van der Waals surface area contributed by atoms with Gasteiger partial charge in [0.15, 0.2) is 11.6 Å². The van der Waals surface area contributed by atoms with Crippen LogP contribution in [0.25, 0.3) is 10.9 Å². The van der Waals surface area contributed by atoms with E-state index in [2.05, 4.69) is 4.98 Å². The number of aromatic nitrogens is 2. The smallest absolute Gasteiger partial charge is 0.270 e. The summed E-state index contributed by atoms with van der Waals surface area (Å²) in [4.78, 5) is 26.8. The fraction of sp³-hybridized carbons (Fsp3) is 0.176. The molecule has 3 aromatic rings. The number of fused-ring (bicyclic) bond motifs is 1. The molecule has 3 rings (SSSR count). The molecule has 0 aliphatic carbocycles. The summed E-state index contributed by atoms with van der Waals surface area (Å²) in [6.07, 6.45) is 0.133. The number of para-hydroxylation sites is 1. The Morgan fingerprint density at radius 3 is 2.81 bits per heavy atom. The van der Waals surface area contributed by atoms with Crippen molar-refractivity contribution >= 4 is 16.6 Å². The number of nitro benzene ring substituents is 1. The Labute approximate surface area is 146 Å². The van der Waals surface area contributed by atoms with Crippen molar-refractivity contribution in [3.05, 3.63) is 75.1 Å². The summed E-state index contributed by atoms with van der Waals surface area (Å²) in [6, 6.07) is 9.54.